The largest absolute Gasteiger partial charge is 0.497 e. The Morgan fingerprint density at radius 1 is 1.14 bits per heavy atom. The fourth-order valence-corrected chi connectivity index (χ4v) is 2.60. The molecule has 5 heteroatoms. The topological polar surface area (TPSA) is 38.8 Å². The van der Waals surface area contributed by atoms with Crippen molar-refractivity contribution in [2.24, 2.45) is 0 Å². The van der Waals surface area contributed by atoms with Gasteiger partial charge in [-0.2, -0.15) is 0 Å². The first-order valence-electron chi connectivity index (χ1n) is 6.77. The third-order valence-corrected chi connectivity index (χ3v) is 4.04. The van der Waals surface area contributed by atoms with Crippen molar-refractivity contribution in [1.29, 1.82) is 0 Å². The quantitative estimate of drug-likeness (QED) is 0.812. The molecule has 0 aromatic heterocycles. The molecule has 1 amide bonds. The molecule has 0 atom stereocenters. The van der Waals surface area contributed by atoms with Gasteiger partial charge in [-0.1, -0.05) is 12.1 Å². The molecule has 116 valence electrons. The summed E-state index contributed by atoms with van der Waals surface area (Å²) in [6, 6.07) is 13.0. The summed E-state index contributed by atoms with van der Waals surface area (Å²) in [6.45, 7) is 0.452. The summed E-state index contributed by atoms with van der Waals surface area (Å²) in [7, 11) is 4.98. The maximum Gasteiger partial charge on any atom is 0.255 e. The molecule has 0 N–H and O–H groups in total. The lowest BCUT2D eigenvalue weighted by Crippen LogP contribution is -2.26. The SMILES string of the molecule is COc1ccc(CN(C)C(=O)c2ccccc2Br)c(OC)c1. The zero-order valence-corrected chi connectivity index (χ0v) is 14.4. The summed E-state index contributed by atoms with van der Waals surface area (Å²) in [5, 5.41) is 0. The Morgan fingerprint density at radius 3 is 2.50 bits per heavy atom. The molecule has 2 aromatic carbocycles. The molecule has 0 saturated heterocycles. The number of methoxy groups -OCH3 is 2. The minimum absolute atomic E-state index is 0.0506. The summed E-state index contributed by atoms with van der Waals surface area (Å²) >= 11 is 3.41. The number of ether oxygens (including phenoxy) is 2. The predicted octanol–water partition coefficient (Wildman–Crippen LogP) is 3.74. The van der Waals surface area contributed by atoms with Gasteiger partial charge in [-0.05, 0) is 40.2 Å². The molecule has 4 nitrogen and oxygen atoms in total. The van der Waals surface area contributed by atoms with Crippen LogP contribution in [0.4, 0.5) is 0 Å². The van der Waals surface area contributed by atoms with Crippen LogP contribution in [0.3, 0.4) is 0 Å². The first-order valence-corrected chi connectivity index (χ1v) is 7.57. The van der Waals surface area contributed by atoms with Gasteiger partial charge in [0.2, 0.25) is 0 Å². The summed E-state index contributed by atoms with van der Waals surface area (Å²) in [5.41, 5.74) is 1.56. The van der Waals surface area contributed by atoms with E-state index in [0.29, 0.717) is 17.9 Å². The fourth-order valence-electron chi connectivity index (χ4n) is 2.15. The molecule has 22 heavy (non-hydrogen) atoms. The lowest BCUT2D eigenvalue weighted by molar-refractivity contribution is 0.0783. The van der Waals surface area contributed by atoms with Crippen LogP contribution in [0.25, 0.3) is 0 Å². The molecule has 2 rings (SSSR count). The van der Waals surface area contributed by atoms with E-state index in [-0.39, 0.29) is 5.91 Å². The van der Waals surface area contributed by atoms with Gasteiger partial charge >= 0.3 is 0 Å². The zero-order valence-electron chi connectivity index (χ0n) is 12.8. The monoisotopic (exact) mass is 363 g/mol. The molecule has 0 fully saturated rings. The van der Waals surface area contributed by atoms with E-state index in [0.717, 1.165) is 15.8 Å². The van der Waals surface area contributed by atoms with Crippen LogP contribution in [0.1, 0.15) is 15.9 Å². The molecule has 0 saturated carbocycles. The second kappa shape index (κ2) is 7.31. The molecule has 0 bridgehead atoms. The maximum atomic E-state index is 12.5. The second-order valence-electron chi connectivity index (χ2n) is 4.82. The number of halogens is 1. The lowest BCUT2D eigenvalue weighted by Gasteiger charge is -2.20. The molecular formula is C17H18BrNO3. The van der Waals surface area contributed by atoms with Crippen LogP contribution in [0, 0.1) is 0 Å². The van der Waals surface area contributed by atoms with Crippen LogP contribution in [0.5, 0.6) is 11.5 Å². The van der Waals surface area contributed by atoms with E-state index in [1.165, 1.54) is 0 Å². The molecule has 0 spiro atoms. The van der Waals surface area contributed by atoms with Gasteiger partial charge < -0.3 is 14.4 Å². The Kier molecular flexibility index (Phi) is 5.44. The van der Waals surface area contributed by atoms with E-state index in [1.807, 2.05) is 36.4 Å². The third-order valence-electron chi connectivity index (χ3n) is 3.35. The summed E-state index contributed by atoms with van der Waals surface area (Å²) < 4.78 is 11.3. The van der Waals surface area contributed by atoms with E-state index in [4.69, 9.17) is 9.47 Å². The predicted molar refractivity (Wildman–Crippen MR) is 89.5 cm³/mol. The molecule has 2 aromatic rings. The number of carbonyl (C=O) groups excluding carboxylic acids is 1. The van der Waals surface area contributed by atoms with E-state index >= 15 is 0 Å². The number of carbonyl (C=O) groups is 1. The summed E-state index contributed by atoms with van der Waals surface area (Å²) in [4.78, 5) is 14.2. The average molecular weight is 364 g/mol. The van der Waals surface area contributed by atoms with Crippen molar-refractivity contribution < 1.29 is 14.3 Å². The van der Waals surface area contributed by atoms with Crippen molar-refractivity contribution in [3.63, 3.8) is 0 Å². The van der Waals surface area contributed by atoms with E-state index in [1.54, 1.807) is 32.2 Å². The van der Waals surface area contributed by atoms with Crippen LogP contribution in [-0.2, 0) is 6.54 Å². The third kappa shape index (κ3) is 3.60. The Morgan fingerprint density at radius 2 is 1.86 bits per heavy atom. The van der Waals surface area contributed by atoms with Crippen molar-refractivity contribution >= 4 is 21.8 Å². The Hall–Kier alpha value is -2.01. The zero-order chi connectivity index (χ0) is 16.1. The van der Waals surface area contributed by atoms with Crippen LogP contribution >= 0.6 is 15.9 Å². The van der Waals surface area contributed by atoms with Crippen LogP contribution in [0.2, 0.25) is 0 Å². The summed E-state index contributed by atoms with van der Waals surface area (Å²) in [5.74, 6) is 1.37. The molecule has 0 aliphatic carbocycles. The van der Waals surface area contributed by atoms with Gasteiger partial charge in [0.1, 0.15) is 11.5 Å². The minimum Gasteiger partial charge on any atom is -0.497 e. The van der Waals surface area contributed by atoms with Crippen LogP contribution in [0.15, 0.2) is 46.9 Å². The number of rotatable bonds is 5. The highest BCUT2D eigenvalue weighted by Gasteiger charge is 2.16. The Bertz CT molecular complexity index is 673. The van der Waals surface area contributed by atoms with Crippen molar-refractivity contribution in [2.45, 2.75) is 6.54 Å². The smallest absolute Gasteiger partial charge is 0.255 e. The van der Waals surface area contributed by atoms with Gasteiger partial charge in [-0.3, -0.25) is 4.79 Å². The van der Waals surface area contributed by atoms with Crippen molar-refractivity contribution in [3.8, 4) is 11.5 Å². The molecular weight excluding hydrogens is 346 g/mol. The number of hydrogen-bond donors (Lipinski definition) is 0. The van der Waals surface area contributed by atoms with E-state index in [2.05, 4.69) is 15.9 Å². The molecule has 0 unspecified atom stereocenters. The second-order valence-corrected chi connectivity index (χ2v) is 5.67. The van der Waals surface area contributed by atoms with Gasteiger partial charge in [0.15, 0.2) is 0 Å². The van der Waals surface area contributed by atoms with Gasteiger partial charge in [-0.25, -0.2) is 0 Å². The normalized spacial score (nSPS) is 10.2. The molecule has 0 radical (unpaired) electrons. The Labute approximate surface area is 138 Å². The van der Waals surface area contributed by atoms with E-state index < -0.39 is 0 Å². The van der Waals surface area contributed by atoms with Crippen molar-refractivity contribution in [3.05, 3.63) is 58.1 Å². The van der Waals surface area contributed by atoms with Gasteiger partial charge in [-0.15, -0.1) is 0 Å². The number of amides is 1. The van der Waals surface area contributed by atoms with Crippen molar-refractivity contribution in [2.75, 3.05) is 21.3 Å². The van der Waals surface area contributed by atoms with Gasteiger partial charge in [0.25, 0.3) is 5.91 Å². The fraction of sp³-hybridized carbons (Fsp3) is 0.235. The number of hydrogen-bond acceptors (Lipinski definition) is 3. The summed E-state index contributed by atoms with van der Waals surface area (Å²) in [6.07, 6.45) is 0. The number of nitrogens with zero attached hydrogens (tertiary/aromatic N) is 1. The number of benzene rings is 2. The molecule has 0 aliphatic heterocycles. The van der Waals surface area contributed by atoms with Crippen molar-refractivity contribution in [1.82, 2.24) is 4.90 Å². The maximum absolute atomic E-state index is 12.5. The highest BCUT2D eigenvalue weighted by molar-refractivity contribution is 9.10. The lowest BCUT2D eigenvalue weighted by atomic mass is 10.1. The van der Waals surface area contributed by atoms with Crippen LogP contribution < -0.4 is 9.47 Å². The highest BCUT2D eigenvalue weighted by Crippen LogP contribution is 2.26. The highest BCUT2D eigenvalue weighted by atomic mass is 79.9. The minimum atomic E-state index is -0.0506. The first kappa shape index (κ1) is 16.4. The van der Waals surface area contributed by atoms with Gasteiger partial charge in [0.05, 0.1) is 19.8 Å². The molecule has 0 heterocycles. The average Bonchev–Trinajstić information content (AvgIpc) is 2.55. The van der Waals surface area contributed by atoms with Gasteiger partial charge in [0, 0.05) is 29.7 Å². The first-order chi connectivity index (χ1) is 10.6. The van der Waals surface area contributed by atoms with Crippen LogP contribution in [-0.4, -0.2) is 32.1 Å². The molecule has 0 aliphatic rings. The van der Waals surface area contributed by atoms with E-state index in [9.17, 15) is 4.79 Å². The standard InChI is InChI=1S/C17H18BrNO3/c1-19(17(20)14-6-4-5-7-15(14)18)11-12-8-9-13(21-2)10-16(12)22-3/h4-10H,11H2,1-3H3. The Balaban J connectivity index is 2.20.